The van der Waals surface area contributed by atoms with Crippen molar-refractivity contribution < 1.29 is 9.59 Å². The van der Waals surface area contributed by atoms with Crippen molar-refractivity contribution in [3.8, 4) is 0 Å². The Morgan fingerprint density at radius 1 is 1.07 bits per heavy atom. The summed E-state index contributed by atoms with van der Waals surface area (Å²) in [7, 11) is 3.99. The average Bonchev–Trinajstić information content (AvgIpc) is 2.77. The Balaban J connectivity index is 1.56. The van der Waals surface area contributed by atoms with Crippen LogP contribution >= 0.6 is 0 Å². The predicted octanol–water partition coefficient (Wildman–Crippen LogP) is 3.13. The summed E-state index contributed by atoms with van der Waals surface area (Å²) in [4.78, 5) is 28.8. The average molecular weight is 408 g/mol. The van der Waals surface area contributed by atoms with Crippen LogP contribution in [0.15, 0.2) is 60.7 Å². The number of carbonyl (C=O) groups excluding carboxylic acids is 2. The summed E-state index contributed by atoms with van der Waals surface area (Å²) in [5, 5.41) is 3.14. The molecule has 0 spiro atoms. The maximum absolute atomic E-state index is 12.8. The van der Waals surface area contributed by atoms with Crippen molar-refractivity contribution >= 4 is 11.8 Å². The molecule has 5 nitrogen and oxygen atoms in total. The fourth-order valence-corrected chi connectivity index (χ4v) is 4.05. The van der Waals surface area contributed by atoms with E-state index in [1.54, 1.807) is 0 Å². The van der Waals surface area contributed by atoms with Gasteiger partial charge in [0.25, 0.3) is 0 Å². The molecule has 2 amide bonds. The second-order valence-corrected chi connectivity index (χ2v) is 8.33. The van der Waals surface area contributed by atoms with Gasteiger partial charge in [0.2, 0.25) is 11.8 Å². The Morgan fingerprint density at radius 3 is 2.23 bits per heavy atom. The van der Waals surface area contributed by atoms with E-state index in [0.29, 0.717) is 32.5 Å². The van der Waals surface area contributed by atoms with Gasteiger partial charge in [-0.3, -0.25) is 9.59 Å². The van der Waals surface area contributed by atoms with Crippen LogP contribution in [0.5, 0.6) is 0 Å². The van der Waals surface area contributed by atoms with Gasteiger partial charge in [-0.2, -0.15) is 0 Å². The molecule has 5 heteroatoms. The van der Waals surface area contributed by atoms with Crippen molar-refractivity contribution in [2.75, 3.05) is 40.3 Å². The Labute approximate surface area is 180 Å². The molecule has 2 aromatic carbocycles. The monoisotopic (exact) mass is 407 g/mol. The van der Waals surface area contributed by atoms with E-state index in [1.165, 1.54) is 11.1 Å². The van der Waals surface area contributed by atoms with Crippen molar-refractivity contribution in [3.63, 3.8) is 0 Å². The van der Waals surface area contributed by atoms with Crippen LogP contribution in [0.1, 0.15) is 36.3 Å². The molecule has 30 heavy (non-hydrogen) atoms. The highest BCUT2D eigenvalue weighted by molar-refractivity contribution is 5.83. The van der Waals surface area contributed by atoms with Gasteiger partial charge in [0.15, 0.2) is 0 Å². The highest BCUT2D eigenvalue weighted by Crippen LogP contribution is 2.27. The first-order chi connectivity index (χ1) is 14.5. The van der Waals surface area contributed by atoms with Crippen molar-refractivity contribution in [1.29, 1.82) is 0 Å². The van der Waals surface area contributed by atoms with Crippen LogP contribution in [-0.4, -0.2) is 61.9 Å². The van der Waals surface area contributed by atoms with E-state index in [-0.39, 0.29) is 23.7 Å². The molecule has 0 aromatic heterocycles. The van der Waals surface area contributed by atoms with Gasteiger partial charge in [0.1, 0.15) is 0 Å². The van der Waals surface area contributed by atoms with Crippen LogP contribution in [0.3, 0.4) is 0 Å². The van der Waals surface area contributed by atoms with Crippen LogP contribution in [0.2, 0.25) is 0 Å². The number of carbonyl (C=O) groups is 2. The summed E-state index contributed by atoms with van der Waals surface area (Å²) in [6, 6.07) is 20.9. The van der Waals surface area contributed by atoms with Crippen LogP contribution in [0.4, 0.5) is 0 Å². The zero-order chi connectivity index (χ0) is 21.3. The van der Waals surface area contributed by atoms with Crippen LogP contribution < -0.4 is 5.32 Å². The predicted molar refractivity (Wildman–Crippen MR) is 120 cm³/mol. The minimum Gasteiger partial charge on any atom is -0.356 e. The van der Waals surface area contributed by atoms with Crippen molar-refractivity contribution in [2.45, 2.75) is 25.2 Å². The van der Waals surface area contributed by atoms with Crippen LogP contribution in [-0.2, 0) is 9.59 Å². The molecule has 1 aliphatic heterocycles. The summed E-state index contributed by atoms with van der Waals surface area (Å²) in [5.41, 5.74) is 2.52. The summed E-state index contributed by atoms with van der Waals surface area (Å²) in [5.74, 6) is 0.361. The van der Waals surface area contributed by atoms with Gasteiger partial charge in [-0.1, -0.05) is 60.7 Å². The molecule has 0 saturated carbocycles. The molecule has 0 bridgehead atoms. The molecular formula is C25H33N3O2. The number of hydrogen-bond donors (Lipinski definition) is 1. The highest BCUT2D eigenvalue weighted by atomic mass is 16.2. The minimum atomic E-state index is -0.114. The Kier molecular flexibility index (Phi) is 8.03. The minimum absolute atomic E-state index is 0.0669. The lowest BCUT2D eigenvalue weighted by Crippen LogP contribution is -2.47. The van der Waals surface area contributed by atoms with Gasteiger partial charge in [0, 0.05) is 38.5 Å². The van der Waals surface area contributed by atoms with Gasteiger partial charge in [-0.25, -0.2) is 0 Å². The third kappa shape index (κ3) is 6.17. The number of likely N-dealkylation sites (N-methyl/N-ethyl adjacent to an activating group) is 1. The first-order valence-electron chi connectivity index (χ1n) is 10.8. The number of likely N-dealkylation sites (tertiary alicyclic amines) is 1. The molecule has 0 radical (unpaired) electrons. The molecule has 0 aliphatic carbocycles. The van der Waals surface area contributed by atoms with Gasteiger partial charge >= 0.3 is 0 Å². The third-order valence-corrected chi connectivity index (χ3v) is 5.82. The van der Waals surface area contributed by atoms with E-state index in [0.717, 1.165) is 13.0 Å². The zero-order valence-electron chi connectivity index (χ0n) is 18.1. The zero-order valence-corrected chi connectivity index (χ0v) is 18.1. The lowest BCUT2D eigenvalue weighted by Gasteiger charge is -2.32. The van der Waals surface area contributed by atoms with E-state index < -0.39 is 0 Å². The van der Waals surface area contributed by atoms with Gasteiger partial charge in [-0.15, -0.1) is 0 Å². The molecule has 1 atom stereocenters. The number of amides is 2. The van der Waals surface area contributed by atoms with E-state index in [9.17, 15) is 9.59 Å². The van der Waals surface area contributed by atoms with Crippen molar-refractivity contribution in [2.24, 2.45) is 5.92 Å². The fourth-order valence-electron chi connectivity index (χ4n) is 4.05. The Hall–Kier alpha value is -2.66. The number of piperidine rings is 1. The molecule has 2 aromatic rings. The Morgan fingerprint density at radius 2 is 1.67 bits per heavy atom. The van der Waals surface area contributed by atoms with Crippen LogP contribution in [0, 0.1) is 5.92 Å². The van der Waals surface area contributed by atoms with E-state index in [2.05, 4.69) is 58.7 Å². The first kappa shape index (κ1) is 22.0. The fraction of sp³-hybridized carbons (Fsp3) is 0.440. The van der Waals surface area contributed by atoms with E-state index in [4.69, 9.17) is 0 Å². The van der Waals surface area contributed by atoms with Gasteiger partial charge in [-0.05, 0) is 38.1 Å². The smallest absolute Gasteiger partial charge is 0.224 e. The third-order valence-electron chi connectivity index (χ3n) is 5.82. The van der Waals surface area contributed by atoms with Crippen molar-refractivity contribution in [1.82, 2.24) is 15.1 Å². The summed E-state index contributed by atoms with van der Waals surface area (Å²) >= 11 is 0. The number of nitrogens with one attached hydrogen (secondary N) is 1. The Bertz CT molecular complexity index is 768. The molecule has 1 saturated heterocycles. The maximum Gasteiger partial charge on any atom is 0.224 e. The SMILES string of the molecule is CN(C)CCN1C[C@H](C(=O)NCCC(c2ccccc2)c2ccccc2)CCC1=O. The first-order valence-corrected chi connectivity index (χ1v) is 10.8. The number of benzene rings is 2. The molecule has 1 fully saturated rings. The number of rotatable bonds is 9. The quantitative estimate of drug-likeness (QED) is 0.695. The second kappa shape index (κ2) is 10.9. The van der Waals surface area contributed by atoms with Gasteiger partial charge in [0.05, 0.1) is 5.92 Å². The molecule has 0 unspecified atom stereocenters. The standard InChI is InChI=1S/C25H33N3O2/c1-27(2)17-18-28-19-22(13-14-24(28)29)25(30)26-16-15-23(20-9-5-3-6-10-20)21-11-7-4-8-12-21/h3-12,22-23H,13-19H2,1-2H3,(H,26,30)/t22-/m1/s1. The summed E-state index contributed by atoms with van der Waals surface area (Å²) in [6.07, 6.45) is 1.95. The summed E-state index contributed by atoms with van der Waals surface area (Å²) in [6.45, 7) is 2.64. The molecule has 1 aliphatic rings. The maximum atomic E-state index is 12.8. The van der Waals surface area contributed by atoms with E-state index in [1.807, 2.05) is 31.1 Å². The highest BCUT2D eigenvalue weighted by Gasteiger charge is 2.30. The van der Waals surface area contributed by atoms with Crippen LogP contribution in [0.25, 0.3) is 0 Å². The largest absolute Gasteiger partial charge is 0.356 e. The lowest BCUT2D eigenvalue weighted by molar-refractivity contribution is -0.138. The molecule has 1 heterocycles. The number of hydrogen-bond acceptors (Lipinski definition) is 3. The number of nitrogens with zero attached hydrogens (tertiary/aromatic N) is 2. The molecule has 3 rings (SSSR count). The molecule has 160 valence electrons. The summed E-state index contributed by atoms with van der Waals surface area (Å²) < 4.78 is 0. The molecule has 1 N–H and O–H groups in total. The topological polar surface area (TPSA) is 52.6 Å². The van der Waals surface area contributed by atoms with E-state index >= 15 is 0 Å². The molecular weight excluding hydrogens is 374 g/mol. The van der Waals surface area contributed by atoms with Gasteiger partial charge < -0.3 is 15.1 Å². The lowest BCUT2D eigenvalue weighted by atomic mass is 9.88. The van der Waals surface area contributed by atoms with Crippen molar-refractivity contribution in [3.05, 3.63) is 71.8 Å². The second-order valence-electron chi connectivity index (χ2n) is 8.33. The normalized spacial score (nSPS) is 16.9.